The van der Waals surface area contributed by atoms with Gasteiger partial charge in [0.2, 0.25) is 0 Å². The van der Waals surface area contributed by atoms with Crippen LogP contribution < -0.4 is 0 Å². The van der Waals surface area contributed by atoms with E-state index < -0.39 is 0 Å². The maximum absolute atomic E-state index is 5.73. The SMILES string of the molecule is C[C@@]12C[C@H](Br)[C@@H](Br)C[C@]1(C)O2. The Morgan fingerprint density at radius 2 is 1.45 bits per heavy atom. The molecule has 0 bridgehead atoms. The highest BCUT2D eigenvalue weighted by Crippen LogP contribution is 2.59. The van der Waals surface area contributed by atoms with Gasteiger partial charge in [-0.15, -0.1) is 0 Å². The number of epoxide rings is 1. The van der Waals surface area contributed by atoms with Crippen LogP contribution in [0.5, 0.6) is 0 Å². The molecule has 64 valence electrons. The maximum atomic E-state index is 5.73. The Bertz CT molecular complexity index is 177. The molecule has 0 amide bonds. The number of ether oxygens (including phenoxy) is 1. The summed E-state index contributed by atoms with van der Waals surface area (Å²) < 4.78 is 5.73. The number of alkyl halides is 2. The Kier molecular flexibility index (Phi) is 1.73. The molecule has 0 aromatic carbocycles. The molecule has 4 atom stereocenters. The minimum Gasteiger partial charge on any atom is -0.363 e. The van der Waals surface area contributed by atoms with Gasteiger partial charge in [0.05, 0.1) is 11.2 Å². The standard InChI is InChI=1S/C8H12Br2O/c1-7-3-5(9)6(10)4-8(7,2)11-7/h5-6H,3-4H2,1-2H3/t5-,6-,7-,8+/m0/s1. The molecule has 0 radical (unpaired) electrons. The summed E-state index contributed by atoms with van der Waals surface area (Å²) in [7, 11) is 0. The lowest BCUT2D eigenvalue weighted by Crippen LogP contribution is -2.36. The molecule has 1 saturated heterocycles. The van der Waals surface area contributed by atoms with Crippen molar-refractivity contribution in [3.05, 3.63) is 0 Å². The first-order valence-electron chi connectivity index (χ1n) is 3.95. The Morgan fingerprint density at radius 1 is 1.09 bits per heavy atom. The minimum absolute atomic E-state index is 0.158. The van der Waals surface area contributed by atoms with Crippen LogP contribution in [0.1, 0.15) is 26.7 Å². The van der Waals surface area contributed by atoms with Crippen LogP contribution >= 0.6 is 31.9 Å². The van der Waals surface area contributed by atoms with Crippen LogP contribution in [0.4, 0.5) is 0 Å². The molecule has 3 heteroatoms. The lowest BCUT2D eigenvalue weighted by atomic mass is 9.82. The van der Waals surface area contributed by atoms with Gasteiger partial charge in [-0.05, 0) is 26.7 Å². The van der Waals surface area contributed by atoms with E-state index in [0.29, 0.717) is 9.65 Å². The average molecular weight is 284 g/mol. The smallest absolute Gasteiger partial charge is 0.0960 e. The highest BCUT2D eigenvalue weighted by molar-refractivity contribution is 9.12. The highest BCUT2D eigenvalue weighted by Gasteiger charge is 2.67. The Morgan fingerprint density at radius 3 is 1.82 bits per heavy atom. The fourth-order valence-corrected chi connectivity index (χ4v) is 3.60. The van der Waals surface area contributed by atoms with Crippen LogP contribution in [0.2, 0.25) is 0 Å². The van der Waals surface area contributed by atoms with Gasteiger partial charge < -0.3 is 4.74 Å². The predicted molar refractivity (Wildman–Crippen MR) is 52.6 cm³/mol. The largest absolute Gasteiger partial charge is 0.363 e. The van der Waals surface area contributed by atoms with Gasteiger partial charge in [-0.1, -0.05) is 31.9 Å². The summed E-state index contributed by atoms with van der Waals surface area (Å²) in [5.74, 6) is 0. The van der Waals surface area contributed by atoms with E-state index >= 15 is 0 Å². The fraction of sp³-hybridized carbons (Fsp3) is 1.00. The summed E-state index contributed by atoms with van der Waals surface area (Å²) in [6.45, 7) is 4.42. The lowest BCUT2D eigenvalue weighted by Gasteiger charge is -2.27. The van der Waals surface area contributed by atoms with Gasteiger partial charge in [0.1, 0.15) is 0 Å². The molecule has 0 unspecified atom stereocenters. The molecule has 11 heavy (non-hydrogen) atoms. The first-order chi connectivity index (χ1) is 4.97. The lowest BCUT2D eigenvalue weighted by molar-refractivity contribution is 0.280. The average Bonchev–Trinajstić information content (AvgIpc) is 2.33. The second-order valence-electron chi connectivity index (χ2n) is 4.00. The van der Waals surface area contributed by atoms with Crippen LogP contribution in [-0.4, -0.2) is 20.9 Å². The normalized spacial score (nSPS) is 62.2. The van der Waals surface area contributed by atoms with Crippen molar-refractivity contribution in [2.75, 3.05) is 0 Å². The summed E-state index contributed by atoms with van der Waals surface area (Å²) in [6, 6.07) is 0. The van der Waals surface area contributed by atoms with Crippen LogP contribution in [0.25, 0.3) is 0 Å². The summed E-state index contributed by atoms with van der Waals surface area (Å²) in [5, 5.41) is 0. The summed E-state index contributed by atoms with van der Waals surface area (Å²) in [5.41, 5.74) is 0.316. The van der Waals surface area contributed by atoms with Gasteiger partial charge in [0.25, 0.3) is 0 Å². The zero-order valence-electron chi connectivity index (χ0n) is 6.73. The van der Waals surface area contributed by atoms with Crippen LogP contribution in [0, 0.1) is 0 Å². The molecule has 0 spiro atoms. The van der Waals surface area contributed by atoms with Gasteiger partial charge in [-0.2, -0.15) is 0 Å². The number of hydrogen-bond donors (Lipinski definition) is 0. The van der Waals surface area contributed by atoms with Crippen molar-refractivity contribution >= 4 is 31.9 Å². The van der Waals surface area contributed by atoms with Crippen molar-refractivity contribution in [3.63, 3.8) is 0 Å². The van der Waals surface area contributed by atoms with E-state index in [-0.39, 0.29) is 11.2 Å². The van der Waals surface area contributed by atoms with Gasteiger partial charge in [-0.25, -0.2) is 0 Å². The molecule has 1 saturated carbocycles. The molecule has 0 aromatic heterocycles. The van der Waals surface area contributed by atoms with Crippen LogP contribution in [0.3, 0.4) is 0 Å². The van der Waals surface area contributed by atoms with E-state index in [9.17, 15) is 0 Å². The van der Waals surface area contributed by atoms with Crippen molar-refractivity contribution in [1.82, 2.24) is 0 Å². The van der Waals surface area contributed by atoms with Crippen molar-refractivity contribution in [1.29, 1.82) is 0 Å². The molecule has 1 aliphatic heterocycles. The maximum Gasteiger partial charge on any atom is 0.0960 e. The third-order valence-electron chi connectivity index (χ3n) is 3.09. The Labute approximate surface area is 84.1 Å². The van der Waals surface area contributed by atoms with E-state index in [1.54, 1.807) is 0 Å². The predicted octanol–water partition coefficient (Wildman–Crippen LogP) is 2.85. The van der Waals surface area contributed by atoms with Gasteiger partial charge in [0, 0.05) is 9.65 Å². The third kappa shape index (κ3) is 1.11. The monoisotopic (exact) mass is 282 g/mol. The molecule has 0 N–H and O–H groups in total. The zero-order valence-corrected chi connectivity index (χ0v) is 9.91. The van der Waals surface area contributed by atoms with Gasteiger partial charge in [0.15, 0.2) is 0 Å². The molecular weight excluding hydrogens is 272 g/mol. The Hall–Kier alpha value is 0.920. The second-order valence-corrected chi connectivity index (χ2v) is 6.36. The first-order valence-corrected chi connectivity index (χ1v) is 5.78. The fourth-order valence-electron chi connectivity index (χ4n) is 1.99. The van der Waals surface area contributed by atoms with Crippen molar-refractivity contribution < 1.29 is 4.74 Å². The highest BCUT2D eigenvalue weighted by atomic mass is 79.9. The minimum atomic E-state index is 0.158. The molecule has 2 aliphatic rings. The second kappa shape index (κ2) is 2.24. The molecule has 1 heterocycles. The van der Waals surface area contributed by atoms with Crippen LogP contribution in [-0.2, 0) is 4.74 Å². The number of hydrogen-bond acceptors (Lipinski definition) is 1. The van der Waals surface area contributed by atoms with Crippen molar-refractivity contribution in [2.45, 2.75) is 47.5 Å². The summed E-state index contributed by atoms with van der Waals surface area (Å²) in [6.07, 6.45) is 2.25. The van der Waals surface area contributed by atoms with Crippen LogP contribution in [0.15, 0.2) is 0 Å². The number of rotatable bonds is 0. The van der Waals surface area contributed by atoms with Crippen molar-refractivity contribution in [3.8, 4) is 0 Å². The topological polar surface area (TPSA) is 12.5 Å². The Balaban J connectivity index is 2.15. The van der Waals surface area contributed by atoms with E-state index in [4.69, 9.17) is 4.74 Å². The molecular formula is C8H12Br2O. The zero-order chi connectivity index (χ0) is 8.28. The quantitative estimate of drug-likeness (QED) is 0.492. The first kappa shape index (κ1) is 8.52. The number of fused-ring (bicyclic) bond motifs is 1. The third-order valence-corrected chi connectivity index (χ3v) is 5.72. The molecule has 1 aliphatic carbocycles. The molecule has 2 fully saturated rings. The summed E-state index contributed by atoms with van der Waals surface area (Å²) >= 11 is 7.31. The van der Waals surface area contributed by atoms with Gasteiger partial charge in [-0.3, -0.25) is 0 Å². The number of halogens is 2. The molecule has 2 rings (SSSR count). The van der Waals surface area contributed by atoms with Crippen molar-refractivity contribution in [2.24, 2.45) is 0 Å². The van der Waals surface area contributed by atoms with E-state index in [0.717, 1.165) is 12.8 Å². The van der Waals surface area contributed by atoms with E-state index in [2.05, 4.69) is 45.7 Å². The van der Waals surface area contributed by atoms with E-state index in [1.807, 2.05) is 0 Å². The van der Waals surface area contributed by atoms with E-state index in [1.165, 1.54) is 0 Å². The molecule has 1 nitrogen and oxygen atoms in total. The molecule has 0 aromatic rings. The van der Waals surface area contributed by atoms with Gasteiger partial charge >= 0.3 is 0 Å². The summed E-state index contributed by atoms with van der Waals surface area (Å²) in [4.78, 5) is 1.14.